The molecule has 0 bridgehead atoms. The van der Waals surface area contributed by atoms with E-state index in [4.69, 9.17) is 11.5 Å². The van der Waals surface area contributed by atoms with Crippen molar-refractivity contribution in [1.82, 2.24) is 20.1 Å². The van der Waals surface area contributed by atoms with Crippen LogP contribution in [0.1, 0.15) is 16.2 Å². The Labute approximate surface area is 110 Å². The van der Waals surface area contributed by atoms with Crippen molar-refractivity contribution in [3.8, 4) is 0 Å². The van der Waals surface area contributed by atoms with E-state index in [0.29, 0.717) is 35.7 Å². The number of hydrogen-bond acceptors (Lipinski definition) is 5. The van der Waals surface area contributed by atoms with Gasteiger partial charge in [0.15, 0.2) is 5.82 Å². The van der Waals surface area contributed by atoms with Gasteiger partial charge < -0.3 is 16.8 Å². The van der Waals surface area contributed by atoms with Gasteiger partial charge in [0, 0.05) is 37.0 Å². The zero-order chi connectivity index (χ0) is 13.8. The number of hydrogen-bond donors (Lipinski definition) is 3. The number of nitrogen functional groups attached to an aromatic ring is 2. The number of nitrogens with zero attached hydrogens (tertiary/aromatic N) is 3. The Kier molecular flexibility index (Phi) is 3.65. The first-order valence-corrected chi connectivity index (χ1v) is 5.83. The molecule has 0 aliphatic heterocycles. The highest BCUT2D eigenvalue weighted by molar-refractivity contribution is 5.96. The number of rotatable bonds is 4. The van der Waals surface area contributed by atoms with E-state index in [-0.39, 0.29) is 5.91 Å². The average molecular weight is 260 g/mol. The molecular formula is C12H16N6O. The Balaban J connectivity index is 1.90. The Morgan fingerprint density at radius 2 is 2.00 bits per heavy atom. The first-order chi connectivity index (χ1) is 9.04. The lowest BCUT2D eigenvalue weighted by Gasteiger charge is -2.06. The maximum Gasteiger partial charge on any atom is 0.251 e. The minimum absolute atomic E-state index is 0.213. The summed E-state index contributed by atoms with van der Waals surface area (Å²) in [6, 6.07) is 4.78. The highest BCUT2D eigenvalue weighted by Gasteiger charge is 2.07. The fourth-order valence-electron chi connectivity index (χ4n) is 1.70. The molecule has 0 unspecified atom stereocenters. The van der Waals surface area contributed by atoms with Crippen LogP contribution >= 0.6 is 0 Å². The molecule has 0 atom stereocenters. The van der Waals surface area contributed by atoms with Gasteiger partial charge in [-0.1, -0.05) is 0 Å². The molecule has 0 aliphatic rings. The first-order valence-electron chi connectivity index (χ1n) is 5.83. The number of amides is 1. The predicted molar refractivity (Wildman–Crippen MR) is 72.3 cm³/mol. The molecule has 1 amide bonds. The number of nitrogens with two attached hydrogens (primary N) is 2. The Hall–Kier alpha value is -2.57. The number of aromatic nitrogens is 3. The van der Waals surface area contributed by atoms with Crippen molar-refractivity contribution in [2.75, 3.05) is 18.0 Å². The molecule has 19 heavy (non-hydrogen) atoms. The third-order valence-electron chi connectivity index (χ3n) is 2.52. The van der Waals surface area contributed by atoms with Gasteiger partial charge in [-0.25, -0.2) is 4.98 Å². The monoisotopic (exact) mass is 260 g/mol. The first kappa shape index (κ1) is 12.9. The van der Waals surface area contributed by atoms with Crippen LogP contribution in [0.2, 0.25) is 0 Å². The van der Waals surface area contributed by atoms with E-state index < -0.39 is 0 Å². The summed E-state index contributed by atoms with van der Waals surface area (Å²) in [6.07, 6.45) is 2.19. The number of nitrogens with one attached hydrogen (secondary N) is 1. The van der Waals surface area contributed by atoms with Crippen molar-refractivity contribution in [2.24, 2.45) is 7.05 Å². The van der Waals surface area contributed by atoms with Crippen molar-refractivity contribution in [3.63, 3.8) is 0 Å². The third-order valence-corrected chi connectivity index (χ3v) is 2.52. The molecule has 0 radical (unpaired) electrons. The molecule has 2 rings (SSSR count). The van der Waals surface area contributed by atoms with Crippen LogP contribution in [0.25, 0.3) is 0 Å². The summed E-state index contributed by atoms with van der Waals surface area (Å²) in [7, 11) is 1.80. The lowest BCUT2D eigenvalue weighted by molar-refractivity contribution is 0.0954. The smallest absolute Gasteiger partial charge is 0.251 e. The maximum absolute atomic E-state index is 11.9. The second-order valence-electron chi connectivity index (χ2n) is 4.23. The van der Waals surface area contributed by atoms with E-state index in [1.54, 1.807) is 36.3 Å². The SMILES string of the molecule is Cn1cnc(CCNC(=O)c2cc(N)cc(N)c2)n1. The molecular weight excluding hydrogens is 244 g/mol. The molecule has 1 heterocycles. The van der Waals surface area contributed by atoms with Crippen molar-refractivity contribution in [3.05, 3.63) is 35.9 Å². The van der Waals surface area contributed by atoms with Gasteiger partial charge in [0.2, 0.25) is 0 Å². The van der Waals surface area contributed by atoms with Gasteiger partial charge in [0.25, 0.3) is 5.91 Å². The number of benzene rings is 1. The van der Waals surface area contributed by atoms with Gasteiger partial charge >= 0.3 is 0 Å². The topological polar surface area (TPSA) is 112 Å². The Morgan fingerprint density at radius 1 is 1.32 bits per heavy atom. The molecule has 0 aliphatic carbocycles. The number of anilines is 2. The summed E-state index contributed by atoms with van der Waals surface area (Å²) < 4.78 is 1.62. The molecule has 0 saturated carbocycles. The maximum atomic E-state index is 11.9. The largest absolute Gasteiger partial charge is 0.399 e. The molecule has 7 heteroatoms. The van der Waals surface area contributed by atoms with Gasteiger partial charge in [-0.15, -0.1) is 0 Å². The van der Waals surface area contributed by atoms with E-state index in [1.165, 1.54) is 0 Å². The lowest BCUT2D eigenvalue weighted by atomic mass is 10.1. The van der Waals surface area contributed by atoms with Gasteiger partial charge in [0.1, 0.15) is 6.33 Å². The van der Waals surface area contributed by atoms with Crippen LogP contribution in [0.5, 0.6) is 0 Å². The second-order valence-corrected chi connectivity index (χ2v) is 4.23. The predicted octanol–water partition coefficient (Wildman–Crippen LogP) is -0.0480. The number of carbonyl (C=O) groups is 1. The molecule has 1 aromatic carbocycles. The van der Waals surface area contributed by atoms with Gasteiger partial charge in [-0.3, -0.25) is 9.48 Å². The van der Waals surface area contributed by atoms with E-state index in [2.05, 4.69) is 15.4 Å². The standard InChI is InChI=1S/C12H16N6O/c1-18-7-16-11(17-18)2-3-15-12(19)8-4-9(13)6-10(14)5-8/h4-7H,2-3,13-14H2,1H3,(H,15,19). The molecule has 7 nitrogen and oxygen atoms in total. The average Bonchev–Trinajstić information content (AvgIpc) is 2.73. The second kappa shape index (κ2) is 5.38. The highest BCUT2D eigenvalue weighted by Crippen LogP contribution is 2.13. The minimum Gasteiger partial charge on any atom is -0.399 e. The van der Waals surface area contributed by atoms with E-state index >= 15 is 0 Å². The van der Waals surface area contributed by atoms with Crippen LogP contribution in [-0.4, -0.2) is 27.2 Å². The Bertz CT molecular complexity index is 571. The van der Waals surface area contributed by atoms with Crippen LogP contribution < -0.4 is 16.8 Å². The molecule has 1 aromatic heterocycles. The summed E-state index contributed by atoms with van der Waals surface area (Å²) in [5, 5.41) is 6.89. The van der Waals surface area contributed by atoms with Gasteiger partial charge in [-0.2, -0.15) is 5.10 Å². The molecule has 100 valence electrons. The summed E-state index contributed by atoms with van der Waals surface area (Å²) in [6.45, 7) is 0.456. The van der Waals surface area contributed by atoms with Crippen LogP contribution in [0.15, 0.2) is 24.5 Å². The van der Waals surface area contributed by atoms with E-state index in [0.717, 1.165) is 0 Å². The number of carbonyl (C=O) groups excluding carboxylic acids is 1. The fourth-order valence-corrected chi connectivity index (χ4v) is 1.70. The molecule has 0 spiro atoms. The lowest BCUT2D eigenvalue weighted by Crippen LogP contribution is -2.26. The zero-order valence-corrected chi connectivity index (χ0v) is 10.6. The van der Waals surface area contributed by atoms with Crippen LogP contribution in [0.4, 0.5) is 11.4 Å². The van der Waals surface area contributed by atoms with Gasteiger partial charge in [0.05, 0.1) is 0 Å². The summed E-state index contributed by atoms with van der Waals surface area (Å²) >= 11 is 0. The third kappa shape index (κ3) is 3.44. The summed E-state index contributed by atoms with van der Waals surface area (Å²) in [5.74, 6) is 0.477. The van der Waals surface area contributed by atoms with Crippen molar-refractivity contribution in [1.29, 1.82) is 0 Å². The normalized spacial score (nSPS) is 10.4. The quantitative estimate of drug-likeness (QED) is 0.667. The molecule has 2 aromatic rings. The van der Waals surface area contributed by atoms with Crippen LogP contribution in [-0.2, 0) is 13.5 Å². The van der Waals surface area contributed by atoms with Crippen LogP contribution in [0, 0.1) is 0 Å². The minimum atomic E-state index is -0.213. The van der Waals surface area contributed by atoms with Crippen molar-refractivity contribution < 1.29 is 4.79 Å². The summed E-state index contributed by atoms with van der Waals surface area (Å²) in [4.78, 5) is 16.0. The molecule has 0 saturated heterocycles. The van der Waals surface area contributed by atoms with Crippen molar-refractivity contribution in [2.45, 2.75) is 6.42 Å². The Morgan fingerprint density at radius 3 is 2.58 bits per heavy atom. The molecule has 0 fully saturated rings. The van der Waals surface area contributed by atoms with Crippen LogP contribution in [0.3, 0.4) is 0 Å². The van der Waals surface area contributed by atoms with E-state index in [1.807, 2.05) is 0 Å². The highest BCUT2D eigenvalue weighted by atomic mass is 16.1. The number of aryl methyl sites for hydroxylation is 1. The summed E-state index contributed by atoms with van der Waals surface area (Å²) in [5.41, 5.74) is 12.7. The fraction of sp³-hybridized carbons (Fsp3) is 0.250. The van der Waals surface area contributed by atoms with Crippen molar-refractivity contribution >= 4 is 17.3 Å². The van der Waals surface area contributed by atoms with Gasteiger partial charge in [-0.05, 0) is 18.2 Å². The van der Waals surface area contributed by atoms with E-state index in [9.17, 15) is 4.79 Å². The zero-order valence-electron chi connectivity index (χ0n) is 10.6. The molecule has 5 N–H and O–H groups in total.